The minimum atomic E-state index is -0.166. The molecular formula is C20H22N4O3. The van der Waals surface area contributed by atoms with Gasteiger partial charge < -0.3 is 14.0 Å². The average Bonchev–Trinajstić information content (AvgIpc) is 3.10. The van der Waals surface area contributed by atoms with E-state index in [0.717, 1.165) is 22.2 Å². The molecule has 27 heavy (non-hydrogen) atoms. The second-order valence-corrected chi connectivity index (χ2v) is 6.04. The SMILES string of the molecule is COc1ccc(/C=N/NC(=O)CCn2cnc3c(C)cccc32)cc1OC. The van der Waals surface area contributed by atoms with Gasteiger partial charge >= 0.3 is 0 Å². The van der Waals surface area contributed by atoms with Gasteiger partial charge in [-0.1, -0.05) is 12.1 Å². The maximum absolute atomic E-state index is 12.1. The van der Waals surface area contributed by atoms with Crippen LogP contribution in [-0.4, -0.2) is 35.9 Å². The molecule has 2 aromatic carbocycles. The van der Waals surface area contributed by atoms with E-state index in [1.165, 1.54) is 0 Å². The van der Waals surface area contributed by atoms with Gasteiger partial charge in [0.1, 0.15) is 0 Å². The molecule has 0 saturated heterocycles. The number of nitrogens with one attached hydrogen (secondary N) is 1. The van der Waals surface area contributed by atoms with Crippen LogP contribution in [0.5, 0.6) is 11.5 Å². The first-order valence-corrected chi connectivity index (χ1v) is 8.56. The van der Waals surface area contributed by atoms with E-state index in [2.05, 4.69) is 15.5 Å². The number of hydrazone groups is 1. The zero-order valence-electron chi connectivity index (χ0n) is 15.6. The molecular weight excluding hydrogens is 344 g/mol. The summed E-state index contributed by atoms with van der Waals surface area (Å²) in [5.74, 6) is 1.08. The quantitative estimate of drug-likeness (QED) is 0.515. The van der Waals surface area contributed by atoms with E-state index < -0.39 is 0 Å². The van der Waals surface area contributed by atoms with Gasteiger partial charge in [0, 0.05) is 13.0 Å². The number of hydrogen-bond acceptors (Lipinski definition) is 5. The Balaban J connectivity index is 1.56. The van der Waals surface area contributed by atoms with E-state index in [9.17, 15) is 4.79 Å². The number of fused-ring (bicyclic) bond motifs is 1. The fourth-order valence-electron chi connectivity index (χ4n) is 2.80. The number of aryl methyl sites for hydroxylation is 2. The number of aromatic nitrogens is 2. The lowest BCUT2D eigenvalue weighted by Crippen LogP contribution is -2.19. The van der Waals surface area contributed by atoms with Crippen LogP contribution in [0, 0.1) is 6.92 Å². The van der Waals surface area contributed by atoms with Gasteiger partial charge in [0.2, 0.25) is 5.91 Å². The van der Waals surface area contributed by atoms with Crippen LogP contribution in [0.2, 0.25) is 0 Å². The Morgan fingerprint density at radius 3 is 2.81 bits per heavy atom. The summed E-state index contributed by atoms with van der Waals surface area (Å²) < 4.78 is 12.4. The summed E-state index contributed by atoms with van der Waals surface area (Å²) in [6, 6.07) is 11.4. The maximum Gasteiger partial charge on any atom is 0.241 e. The maximum atomic E-state index is 12.1. The van der Waals surface area contributed by atoms with Gasteiger partial charge in [0.25, 0.3) is 0 Å². The van der Waals surface area contributed by atoms with Gasteiger partial charge in [-0.25, -0.2) is 10.4 Å². The number of hydrogen-bond donors (Lipinski definition) is 1. The highest BCUT2D eigenvalue weighted by Gasteiger charge is 2.07. The molecule has 0 radical (unpaired) electrons. The van der Waals surface area contributed by atoms with Crippen molar-refractivity contribution in [3.8, 4) is 11.5 Å². The van der Waals surface area contributed by atoms with E-state index >= 15 is 0 Å². The number of amides is 1. The molecule has 0 atom stereocenters. The molecule has 0 saturated carbocycles. The van der Waals surface area contributed by atoms with E-state index in [1.807, 2.05) is 35.8 Å². The van der Waals surface area contributed by atoms with Crippen molar-refractivity contribution in [3.63, 3.8) is 0 Å². The summed E-state index contributed by atoms with van der Waals surface area (Å²) in [5.41, 5.74) is 6.45. The summed E-state index contributed by atoms with van der Waals surface area (Å²) >= 11 is 0. The van der Waals surface area contributed by atoms with E-state index in [4.69, 9.17) is 9.47 Å². The summed E-state index contributed by atoms with van der Waals surface area (Å²) in [5, 5.41) is 4.00. The van der Waals surface area contributed by atoms with E-state index in [-0.39, 0.29) is 5.91 Å². The van der Waals surface area contributed by atoms with Crippen molar-refractivity contribution in [2.45, 2.75) is 19.9 Å². The van der Waals surface area contributed by atoms with Crippen LogP contribution < -0.4 is 14.9 Å². The fourth-order valence-corrected chi connectivity index (χ4v) is 2.80. The van der Waals surface area contributed by atoms with Crippen LogP contribution in [0.25, 0.3) is 11.0 Å². The zero-order chi connectivity index (χ0) is 19.2. The predicted molar refractivity (Wildman–Crippen MR) is 104 cm³/mol. The third-order valence-electron chi connectivity index (χ3n) is 4.24. The third-order valence-corrected chi connectivity index (χ3v) is 4.24. The average molecular weight is 366 g/mol. The number of rotatable bonds is 7. The van der Waals surface area contributed by atoms with Gasteiger partial charge in [-0.2, -0.15) is 5.10 Å². The number of para-hydroxylation sites is 1. The lowest BCUT2D eigenvalue weighted by atomic mass is 10.2. The minimum Gasteiger partial charge on any atom is -0.493 e. The molecule has 0 aliphatic heterocycles. The highest BCUT2D eigenvalue weighted by Crippen LogP contribution is 2.26. The van der Waals surface area contributed by atoms with Gasteiger partial charge in [0.05, 0.1) is 37.8 Å². The molecule has 1 aromatic heterocycles. The molecule has 0 aliphatic rings. The second-order valence-electron chi connectivity index (χ2n) is 6.04. The molecule has 140 valence electrons. The highest BCUT2D eigenvalue weighted by atomic mass is 16.5. The number of carbonyl (C=O) groups excluding carboxylic acids is 1. The van der Waals surface area contributed by atoms with Crippen molar-refractivity contribution in [3.05, 3.63) is 53.9 Å². The summed E-state index contributed by atoms with van der Waals surface area (Å²) in [7, 11) is 3.15. The molecule has 0 aliphatic carbocycles. The Morgan fingerprint density at radius 1 is 1.22 bits per heavy atom. The normalized spacial score (nSPS) is 11.1. The molecule has 1 heterocycles. The molecule has 3 rings (SSSR count). The van der Waals surface area contributed by atoms with Crippen LogP contribution in [0.15, 0.2) is 47.8 Å². The Hall–Kier alpha value is -3.35. The van der Waals surface area contributed by atoms with Crippen molar-refractivity contribution >= 4 is 23.2 Å². The van der Waals surface area contributed by atoms with E-state index in [1.54, 1.807) is 38.9 Å². The number of nitrogens with zero attached hydrogens (tertiary/aromatic N) is 3. The molecule has 1 amide bonds. The summed E-state index contributed by atoms with van der Waals surface area (Å²) in [6.45, 7) is 2.56. The lowest BCUT2D eigenvalue weighted by molar-refractivity contribution is -0.121. The Labute approximate surface area is 157 Å². The minimum absolute atomic E-state index is 0.166. The molecule has 0 spiro atoms. The number of benzene rings is 2. The molecule has 3 aromatic rings. The molecule has 0 bridgehead atoms. The summed E-state index contributed by atoms with van der Waals surface area (Å²) in [6.07, 6.45) is 3.64. The molecule has 7 heteroatoms. The standard InChI is InChI=1S/C20H22N4O3/c1-14-5-4-6-16-20(14)21-13-24(16)10-9-19(25)23-22-12-15-7-8-17(26-2)18(11-15)27-3/h4-8,11-13H,9-10H2,1-3H3,(H,23,25)/b22-12+. The summed E-state index contributed by atoms with van der Waals surface area (Å²) in [4.78, 5) is 16.5. The van der Waals surface area contributed by atoms with E-state index in [0.29, 0.717) is 24.5 Å². The fraction of sp³-hybridized carbons (Fsp3) is 0.250. The smallest absolute Gasteiger partial charge is 0.241 e. The first kappa shape index (κ1) is 18.4. The van der Waals surface area contributed by atoms with Crippen molar-refractivity contribution in [2.75, 3.05) is 14.2 Å². The van der Waals surface area contributed by atoms with Crippen LogP contribution in [0.3, 0.4) is 0 Å². The van der Waals surface area contributed by atoms with Crippen molar-refractivity contribution < 1.29 is 14.3 Å². The van der Waals surface area contributed by atoms with Crippen LogP contribution in [0.4, 0.5) is 0 Å². The molecule has 1 N–H and O–H groups in total. The first-order valence-electron chi connectivity index (χ1n) is 8.56. The van der Waals surface area contributed by atoms with Crippen molar-refractivity contribution in [1.29, 1.82) is 0 Å². The third kappa shape index (κ3) is 4.25. The van der Waals surface area contributed by atoms with Gasteiger partial charge in [-0.3, -0.25) is 4.79 Å². The van der Waals surface area contributed by atoms with Gasteiger partial charge in [0.15, 0.2) is 11.5 Å². The lowest BCUT2D eigenvalue weighted by Gasteiger charge is -2.07. The Kier molecular flexibility index (Phi) is 5.71. The number of methoxy groups -OCH3 is 2. The molecule has 0 fully saturated rings. The topological polar surface area (TPSA) is 77.7 Å². The van der Waals surface area contributed by atoms with Gasteiger partial charge in [-0.15, -0.1) is 0 Å². The highest BCUT2D eigenvalue weighted by molar-refractivity contribution is 5.83. The zero-order valence-corrected chi connectivity index (χ0v) is 15.6. The van der Waals surface area contributed by atoms with Gasteiger partial charge in [-0.05, 0) is 42.3 Å². The van der Waals surface area contributed by atoms with Crippen molar-refractivity contribution in [2.24, 2.45) is 5.10 Å². The monoisotopic (exact) mass is 366 g/mol. The molecule has 7 nitrogen and oxygen atoms in total. The number of carbonyl (C=O) groups is 1. The Morgan fingerprint density at radius 2 is 2.04 bits per heavy atom. The second kappa shape index (κ2) is 8.35. The Bertz CT molecular complexity index is 979. The number of ether oxygens (including phenoxy) is 2. The van der Waals surface area contributed by atoms with Crippen LogP contribution in [-0.2, 0) is 11.3 Å². The van der Waals surface area contributed by atoms with Crippen LogP contribution in [0.1, 0.15) is 17.5 Å². The predicted octanol–water partition coefficient (Wildman–Crippen LogP) is 2.90. The first-order chi connectivity index (χ1) is 13.1. The number of imidazole rings is 1. The van der Waals surface area contributed by atoms with Crippen molar-refractivity contribution in [1.82, 2.24) is 15.0 Å². The largest absolute Gasteiger partial charge is 0.493 e. The van der Waals surface area contributed by atoms with Crippen LogP contribution >= 0.6 is 0 Å². The molecule has 0 unspecified atom stereocenters.